The van der Waals surface area contributed by atoms with E-state index in [1.165, 1.54) is 0 Å². The minimum absolute atomic E-state index is 0.251. The van der Waals surface area contributed by atoms with Crippen LogP contribution in [0.25, 0.3) is 0 Å². The van der Waals surface area contributed by atoms with Crippen LogP contribution in [-0.4, -0.2) is 35.7 Å². The summed E-state index contributed by atoms with van der Waals surface area (Å²) in [5.74, 6) is 0.529. The summed E-state index contributed by atoms with van der Waals surface area (Å²) in [6, 6.07) is 13.1. The number of hydrogen-bond donors (Lipinski definition) is 1. The van der Waals surface area contributed by atoms with Crippen LogP contribution < -0.4 is 19.9 Å². The Morgan fingerprint density at radius 2 is 1.96 bits per heavy atom. The Balaban J connectivity index is 1.83. The Morgan fingerprint density at radius 3 is 2.63 bits per heavy atom. The van der Waals surface area contributed by atoms with E-state index in [1.807, 2.05) is 31.2 Å². The number of aromatic nitrogens is 4. The molecule has 0 spiro atoms. The van der Waals surface area contributed by atoms with Crippen molar-refractivity contribution >= 4 is 11.6 Å². The molecule has 27 heavy (non-hydrogen) atoms. The summed E-state index contributed by atoms with van der Waals surface area (Å²) in [7, 11) is 3.10. The highest BCUT2D eigenvalue weighted by atomic mass is 16.5. The van der Waals surface area contributed by atoms with Gasteiger partial charge in [-0.15, -0.1) is 0 Å². The zero-order valence-corrected chi connectivity index (χ0v) is 15.3. The third kappa shape index (κ3) is 4.41. The van der Waals surface area contributed by atoms with Gasteiger partial charge in [0, 0.05) is 17.6 Å². The Bertz CT molecular complexity index is 911. The number of benzene rings is 2. The van der Waals surface area contributed by atoms with Gasteiger partial charge in [-0.3, -0.25) is 15.1 Å². The Morgan fingerprint density at radius 1 is 1.15 bits per heavy atom. The van der Waals surface area contributed by atoms with Crippen LogP contribution in [0.4, 0.5) is 5.69 Å². The van der Waals surface area contributed by atoms with E-state index in [2.05, 4.69) is 25.9 Å². The second-order valence-corrected chi connectivity index (χ2v) is 6.04. The predicted octanol–water partition coefficient (Wildman–Crippen LogP) is 2.12. The molecule has 0 saturated carbocycles. The van der Waals surface area contributed by atoms with Gasteiger partial charge in [0.25, 0.3) is 0 Å². The van der Waals surface area contributed by atoms with Crippen LogP contribution in [0, 0.1) is 6.92 Å². The number of carbonyl (C=O) groups is 1. The van der Waals surface area contributed by atoms with Crippen LogP contribution in [-0.2, 0) is 11.2 Å². The molecular formula is C19H20N5O3-. The van der Waals surface area contributed by atoms with Crippen molar-refractivity contribution in [3.05, 3.63) is 59.4 Å². The molecule has 1 amide bonds. The first-order valence-corrected chi connectivity index (χ1v) is 8.37. The van der Waals surface area contributed by atoms with E-state index < -0.39 is 5.92 Å². The van der Waals surface area contributed by atoms with Crippen molar-refractivity contribution in [2.45, 2.75) is 19.3 Å². The lowest BCUT2D eigenvalue weighted by Crippen LogP contribution is -2.24. The molecule has 0 unspecified atom stereocenters. The summed E-state index contributed by atoms with van der Waals surface area (Å²) in [6.07, 6.45) is 0.439. The van der Waals surface area contributed by atoms with E-state index in [9.17, 15) is 4.79 Å². The van der Waals surface area contributed by atoms with E-state index in [0.29, 0.717) is 23.6 Å². The van der Waals surface area contributed by atoms with E-state index in [0.717, 1.165) is 11.1 Å². The first-order valence-electron chi connectivity index (χ1n) is 8.37. The first-order chi connectivity index (χ1) is 13.1. The molecule has 0 aliphatic heterocycles. The molecule has 8 nitrogen and oxygen atoms in total. The van der Waals surface area contributed by atoms with Gasteiger partial charge in [-0.2, -0.15) is 5.21 Å². The van der Waals surface area contributed by atoms with Crippen molar-refractivity contribution < 1.29 is 14.3 Å². The maximum absolute atomic E-state index is 12.9. The van der Waals surface area contributed by atoms with Crippen LogP contribution in [0.1, 0.15) is 22.9 Å². The summed E-state index contributed by atoms with van der Waals surface area (Å²) in [6.45, 7) is 2.00. The zero-order valence-electron chi connectivity index (χ0n) is 15.3. The fourth-order valence-corrected chi connectivity index (χ4v) is 2.81. The number of nitrogens with zero attached hydrogens (tertiary/aromatic N) is 4. The second-order valence-electron chi connectivity index (χ2n) is 6.04. The van der Waals surface area contributed by atoms with E-state index in [4.69, 9.17) is 9.47 Å². The Hall–Kier alpha value is -3.42. The average molecular weight is 366 g/mol. The topological polar surface area (TPSA) is 100 Å². The van der Waals surface area contributed by atoms with Crippen molar-refractivity contribution in [1.82, 2.24) is 20.6 Å². The molecule has 0 aliphatic rings. The number of rotatable bonds is 7. The summed E-state index contributed by atoms with van der Waals surface area (Å²) >= 11 is 0. The number of carbonyl (C=O) groups excluding carboxylic acids is 1. The third-order valence-corrected chi connectivity index (χ3v) is 4.14. The molecule has 0 fully saturated rings. The predicted molar refractivity (Wildman–Crippen MR) is 98.9 cm³/mol. The highest BCUT2D eigenvalue weighted by molar-refractivity contribution is 5.95. The molecule has 0 bridgehead atoms. The maximum Gasteiger partial charge on any atom is 0.232 e. The number of amides is 1. The van der Waals surface area contributed by atoms with Crippen molar-refractivity contribution in [3.8, 4) is 11.5 Å². The standard InChI is InChI=1S/C19H21N5O3/c1-12-5-4-6-13(9-12)10-15(18-21-23-24-22-18)19(25)20-14-7-8-16(26-2)17(11-14)27-3/h4-9,11,15H,10H2,1-3H3,(H2,20,21,22,23,24,25)/p-1/t15-/m0/s1. The minimum Gasteiger partial charge on any atom is -0.493 e. The van der Waals surface area contributed by atoms with E-state index >= 15 is 0 Å². The molecular weight excluding hydrogens is 346 g/mol. The Labute approximate surface area is 156 Å². The number of methoxy groups -OCH3 is 2. The van der Waals surface area contributed by atoms with Gasteiger partial charge in [-0.05, 0) is 31.0 Å². The smallest absolute Gasteiger partial charge is 0.232 e. The second kappa shape index (κ2) is 8.31. The minimum atomic E-state index is -0.616. The quantitative estimate of drug-likeness (QED) is 0.683. The zero-order chi connectivity index (χ0) is 19.2. The molecule has 1 aromatic heterocycles. The van der Waals surface area contributed by atoms with Gasteiger partial charge >= 0.3 is 0 Å². The molecule has 2 aromatic carbocycles. The van der Waals surface area contributed by atoms with Crippen LogP contribution in [0.2, 0.25) is 0 Å². The Kier molecular flexibility index (Phi) is 5.65. The molecule has 1 atom stereocenters. The van der Waals surface area contributed by atoms with Crippen LogP contribution >= 0.6 is 0 Å². The molecule has 3 aromatic rings. The van der Waals surface area contributed by atoms with E-state index in [1.54, 1.807) is 32.4 Å². The lowest BCUT2D eigenvalue weighted by Gasteiger charge is -2.18. The molecule has 1 heterocycles. The largest absolute Gasteiger partial charge is 0.493 e. The fourth-order valence-electron chi connectivity index (χ4n) is 2.81. The average Bonchev–Trinajstić information content (AvgIpc) is 3.20. The highest BCUT2D eigenvalue weighted by Gasteiger charge is 2.21. The molecule has 0 aliphatic carbocycles. The van der Waals surface area contributed by atoms with Crippen LogP contribution in [0.5, 0.6) is 11.5 Å². The number of aryl methyl sites for hydroxylation is 1. The summed E-state index contributed by atoms with van der Waals surface area (Å²) < 4.78 is 10.5. The van der Waals surface area contributed by atoms with E-state index in [-0.39, 0.29) is 11.7 Å². The van der Waals surface area contributed by atoms with Gasteiger partial charge in [-0.1, -0.05) is 29.8 Å². The maximum atomic E-state index is 12.9. The van der Waals surface area contributed by atoms with Gasteiger partial charge in [0.15, 0.2) is 11.5 Å². The lowest BCUT2D eigenvalue weighted by atomic mass is 9.96. The normalized spacial score (nSPS) is 11.7. The first kappa shape index (κ1) is 18.4. The summed E-state index contributed by atoms with van der Waals surface area (Å²) in [4.78, 5) is 12.9. The molecule has 3 rings (SSSR count). The number of hydrogen-bond acceptors (Lipinski definition) is 6. The lowest BCUT2D eigenvalue weighted by molar-refractivity contribution is -0.117. The number of ether oxygens (including phenoxy) is 2. The summed E-state index contributed by atoms with van der Waals surface area (Å²) in [5, 5.41) is 17.7. The fraction of sp³-hybridized carbons (Fsp3) is 0.263. The van der Waals surface area contributed by atoms with Crippen LogP contribution in [0.3, 0.4) is 0 Å². The van der Waals surface area contributed by atoms with Gasteiger partial charge in [0.1, 0.15) is 0 Å². The molecule has 0 radical (unpaired) electrons. The van der Waals surface area contributed by atoms with Crippen molar-refractivity contribution in [1.29, 1.82) is 0 Å². The molecule has 140 valence electrons. The third-order valence-electron chi connectivity index (χ3n) is 4.14. The van der Waals surface area contributed by atoms with Gasteiger partial charge in [-0.25, -0.2) is 0 Å². The highest BCUT2D eigenvalue weighted by Crippen LogP contribution is 2.30. The molecule has 1 N–H and O–H groups in total. The number of nitrogens with one attached hydrogen (secondary N) is 1. The van der Waals surface area contributed by atoms with Crippen molar-refractivity contribution in [3.63, 3.8) is 0 Å². The van der Waals surface area contributed by atoms with Gasteiger partial charge in [0.2, 0.25) is 5.91 Å². The SMILES string of the molecule is COc1ccc(NC(=O)[C@@H](Cc2cccc(C)c2)c2nnn[n-]2)cc1OC. The van der Waals surface area contributed by atoms with Crippen molar-refractivity contribution in [2.75, 3.05) is 19.5 Å². The molecule has 0 saturated heterocycles. The number of tetrazole rings is 1. The van der Waals surface area contributed by atoms with Crippen molar-refractivity contribution in [2.24, 2.45) is 0 Å². The number of anilines is 1. The van der Waals surface area contributed by atoms with Gasteiger partial charge < -0.3 is 19.9 Å². The summed E-state index contributed by atoms with van der Waals surface area (Å²) in [5.41, 5.74) is 2.71. The van der Waals surface area contributed by atoms with Gasteiger partial charge in [0.05, 0.1) is 20.1 Å². The van der Waals surface area contributed by atoms with Crippen LogP contribution in [0.15, 0.2) is 42.5 Å². The molecule has 8 heteroatoms. The monoisotopic (exact) mass is 366 g/mol.